The minimum Gasteiger partial charge on any atom is -0.454 e. The lowest BCUT2D eigenvalue weighted by atomic mass is 10.2. The number of anilines is 1. The van der Waals surface area contributed by atoms with Gasteiger partial charge in [0.1, 0.15) is 5.76 Å². The zero-order chi connectivity index (χ0) is 13.8. The summed E-state index contributed by atoms with van der Waals surface area (Å²) in [5.74, 6) is 0.921. The van der Waals surface area contributed by atoms with Gasteiger partial charge in [-0.05, 0) is 40.3 Å². The Labute approximate surface area is 130 Å². The van der Waals surface area contributed by atoms with Gasteiger partial charge >= 0.3 is 0 Å². The van der Waals surface area contributed by atoms with E-state index in [-0.39, 0.29) is 0 Å². The molecule has 0 atom stereocenters. The number of hydrogen-bond donors (Lipinski definition) is 1. The Morgan fingerprint density at radius 2 is 2.00 bits per heavy atom. The molecule has 0 aliphatic carbocycles. The van der Waals surface area contributed by atoms with Gasteiger partial charge in [-0.15, -0.1) is 0 Å². The summed E-state index contributed by atoms with van der Waals surface area (Å²) in [6.45, 7) is 1.45. The summed E-state index contributed by atoms with van der Waals surface area (Å²) in [6.07, 6.45) is 3.83. The lowest BCUT2D eigenvalue weighted by Crippen LogP contribution is -2.00. The Morgan fingerprint density at radius 3 is 2.75 bits per heavy atom. The van der Waals surface area contributed by atoms with Crippen molar-refractivity contribution in [2.24, 2.45) is 0 Å². The lowest BCUT2D eigenvalue weighted by molar-refractivity contribution is 0.493. The number of nitrogens with zero attached hydrogens (tertiary/aromatic N) is 2. The van der Waals surface area contributed by atoms with Gasteiger partial charge in [0.15, 0.2) is 3.77 Å². The van der Waals surface area contributed by atoms with Gasteiger partial charge in [0, 0.05) is 6.20 Å². The van der Waals surface area contributed by atoms with Crippen molar-refractivity contribution < 1.29 is 4.42 Å². The summed E-state index contributed by atoms with van der Waals surface area (Å²) in [5.41, 5.74) is 2.23. The smallest absolute Gasteiger partial charge is 0.164 e. The van der Waals surface area contributed by atoms with Crippen molar-refractivity contribution in [3.05, 3.63) is 69.9 Å². The summed E-state index contributed by atoms with van der Waals surface area (Å²) in [4.78, 5) is 0. The topological polar surface area (TPSA) is 43.0 Å². The molecule has 0 aliphatic rings. The van der Waals surface area contributed by atoms with Crippen molar-refractivity contribution in [1.82, 2.24) is 9.78 Å². The fourth-order valence-corrected chi connectivity index (χ4v) is 2.41. The summed E-state index contributed by atoms with van der Waals surface area (Å²) >= 11 is 2.16. The maximum atomic E-state index is 5.50. The van der Waals surface area contributed by atoms with Gasteiger partial charge in [0.2, 0.25) is 0 Å². The highest BCUT2D eigenvalue weighted by atomic mass is 127. The van der Waals surface area contributed by atoms with E-state index in [4.69, 9.17) is 4.42 Å². The van der Waals surface area contributed by atoms with Gasteiger partial charge in [0.25, 0.3) is 0 Å². The van der Waals surface area contributed by atoms with E-state index in [1.807, 2.05) is 47.4 Å². The van der Waals surface area contributed by atoms with Crippen LogP contribution in [0.2, 0.25) is 0 Å². The molecule has 4 nitrogen and oxygen atoms in total. The van der Waals surface area contributed by atoms with E-state index in [1.54, 1.807) is 0 Å². The molecule has 0 amide bonds. The van der Waals surface area contributed by atoms with Gasteiger partial charge in [0.05, 0.1) is 25.0 Å². The Hall–Kier alpha value is -1.76. The van der Waals surface area contributed by atoms with Crippen LogP contribution in [0.15, 0.2) is 59.3 Å². The van der Waals surface area contributed by atoms with Gasteiger partial charge in [-0.25, -0.2) is 0 Å². The van der Waals surface area contributed by atoms with Crippen LogP contribution in [0.3, 0.4) is 0 Å². The number of nitrogens with one attached hydrogen (secondary N) is 1. The van der Waals surface area contributed by atoms with Crippen LogP contribution in [-0.4, -0.2) is 9.78 Å². The third-order valence-corrected chi connectivity index (χ3v) is 3.50. The number of furan rings is 1. The molecule has 0 aliphatic heterocycles. The van der Waals surface area contributed by atoms with E-state index in [2.05, 4.69) is 45.1 Å². The number of aromatic nitrogens is 2. The molecule has 0 fully saturated rings. The third-order valence-electron chi connectivity index (χ3n) is 2.92. The SMILES string of the molecule is Ic1ccc(CNc2cnn(Cc3ccccc3)c2)o1. The summed E-state index contributed by atoms with van der Waals surface area (Å²) in [5, 5.41) is 7.65. The normalized spacial score (nSPS) is 10.7. The van der Waals surface area contributed by atoms with E-state index in [0.29, 0.717) is 6.54 Å². The highest BCUT2D eigenvalue weighted by Crippen LogP contribution is 2.13. The molecule has 0 saturated carbocycles. The van der Waals surface area contributed by atoms with Gasteiger partial charge < -0.3 is 9.73 Å². The minimum absolute atomic E-state index is 0.667. The van der Waals surface area contributed by atoms with Crippen molar-refractivity contribution >= 4 is 28.3 Å². The van der Waals surface area contributed by atoms with Crippen LogP contribution in [0, 0.1) is 3.77 Å². The highest BCUT2D eigenvalue weighted by Gasteiger charge is 2.02. The predicted molar refractivity (Wildman–Crippen MR) is 86.5 cm³/mol. The van der Waals surface area contributed by atoms with Crippen LogP contribution in [0.4, 0.5) is 5.69 Å². The maximum Gasteiger partial charge on any atom is 0.164 e. The molecule has 2 aromatic heterocycles. The van der Waals surface area contributed by atoms with Crippen LogP contribution >= 0.6 is 22.6 Å². The second-order valence-electron chi connectivity index (χ2n) is 4.47. The molecule has 20 heavy (non-hydrogen) atoms. The van der Waals surface area contributed by atoms with Crippen molar-refractivity contribution in [1.29, 1.82) is 0 Å². The monoisotopic (exact) mass is 379 g/mol. The average Bonchev–Trinajstić information content (AvgIpc) is 3.07. The molecule has 3 aromatic rings. The first-order valence-corrected chi connectivity index (χ1v) is 7.42. The first-order chi connectivity index (χ1) is 9.79. The molecule has 0 saturated heterocycles. The Balaban J connectivity index is 1.59. The maximum absolute atomic E-state index is 5.50. The molecule has 0 unspecified atom stereocenters. The Bertz CT molecular complexity index is 675. The van der Waals surface area contributed by atoms with Crippen molar-refractivity contribution in [2.75, 3.05) is 5.32 Å². The fraction of sp³-hybridized carbons (Fsp3) is 0.133. The van der Waals surface area contributed by atoms with Crippen LogP contribution in [0.1, 0.15) is 11.3 Å². The van der Waals surface area contributed by atoms with Crippen molar-refractivity contribution in [3.63, 3.8) is 0 Å². The van der Waals surface area contributed by atoms with E-state index >= 15 is 0 Å². The number of benzene rings is 1. The molecule has 0 radical (unpaired) electrons. The molecule has 3 rings (SSSR count). The molecule has 102 valence electrons. The summed E-state index contributed by atoms with van der Waals surface area (Å²) in [7, 11) is 0. The molecule has 2 heterocycles. The standard InChI is InChI=1S/C15H14IN3O/c16-15-7-6-14(20-15)9-17-13-8-18-19(11-13)10-12-4-2-1-3-5-12/h1-8,11,17H,9-10H2. The minimum atomic E-state index is 0.667. The molecule has 5 heteroatoms. The van der Waals surface area contributed by atoms with Gasteiger partial charge in [-0.1, -0.05) is 30.3 Å². The number of halogens is 1. The zero-order valence-electron chi connectivity index (χ0n) is 10.8. The van der Waals surface area contributed by atoms with Crippen LogP contribution in [0.5, 0.6) is 0 Å². The first-order valence-electron chi connectivity index (χ1n) is 6.34. The number of hydrogen-bond acceptors (Lipinski definition) is 3. The van der Waals surface area contributed by atoms with Crippen molar-refractivity contribution in [2.45, 2.75) is 13.1 Å². The third kappa shape index (κ3) is 3.41. The first kappa shape index (κ1) is 13.2. The number of rotatable bonds is 5. The van der Waals surface area contributed by atoms with Gasteiger partial charge in [-0.2, -0.15) is 5.10 Å². The van der Waals surface area contributed by atoms with Gasteiger partial charge in [-0.3, -0.25) is 4.68 Å². The predicted octanol–water partition coefficient (Wildman–Crippen LogP) is 3.74. The molecular weight excluding hydrogens is 365 g/mol. The largest absolute Gasteiger partial charge is 0.454 e. The van der Waals surface area contributed by atoms with Crippen LogP contribution < -0.4 is 5.32 Å². The van der Waals surface area contributed by atoms with Crippen LogP contribution in [-0.2, 0) is 13.1 Å². The van der Waals surface area contributed by atoms with E-state index in [1.165, 1.54) is 5.56 Å². The van der Waals surface area contributed by atoms with E-state index in [0.717, 1.165) is 21.8 Å². The lowest BCUT2D eigenvalue weighted by Gasteiger charge is -2.01. The Morgan fingerprint density at radius 1 is 1.15 bits per heavy atom. The summed E-state index contributed by atoms with van der Waals surface area (Å²) in [6, 6.07) is 14.2. The molecular formula is C15H14IN3O. The highest BCUT2D eigenvalue weighted by molar-refractivity contribution is 14.1. The van der Waals surface area contributed by atoms with E-state index < -0.39 is 0 Å². The van der Waals surface area contributed by atoms with Crippen molar-refractivity contribution in [3.8, 4) is 0 Å². The second-order valence-corrected chi connectivity index (χ2v) is 5.53. The fourth-order valence-electron chi connectivity index (χ4n) is 1.95. The molecule has 0 spiro atoms. The Kier molecular flexibility index (Phi) is 4.05. The molecule has 0 bridgehead atoms. The zero-order valence-corrected chi connectivity index (χ0v) is 12.9. The quantitative estimate of drug-likeness (QED) is 0.687. The van der Waals surface area contributed by atoms with Crippen LogP contribution in [0.25, 0.3) is 0 Å². The van der Waals surface area contributed by atoms with E-state index in [9.17, 15) is 0 Å². The molecule has 1 N–H and O–H groups in total. The second kappa shape index (κ2) is 6.13. The molecule has 1 aromatic carbocycles. The summed E-state index contributed by atoms with van der Waals surface area (Å²) < 4.78 is 8.33. The average molecular weight is 379 g/mol.